The average molecular weight is 196 g/mol. The van der Waals surface area contributed by atoms with Gasteiger partial charge in [-0.2, -0.15) is 0 Å². The molecule has 0 atom stereocenters. The second-order valence-electron chi connectivity index (χ2n) is 2.61. The minimum absolute atomic E-state index is 0.252. The molecule has 14 heavy (non-hydrogen) atoms. The third-order valence-electron chi connectivity index (χ3n) is 1.61. The number of guanidine groups is 2. The summed E-state index contributed by atoms with van der Waals surface area (Å²) in [5.41, 5.74) is 10.5. The first-order valence-corrected chi connectivity index (χ1v) is 4.00. The predicted octanol–water partition coefficient (Wildman–Crippen LogP) is -0.170. The molecule has 0 radical (unpaired) electrons. The molecule has 0 unspecified atom stereocenters. The Hall–Kier alpha value is -2.05. The highest BCUT2D eigenvalue weighted by Gasteiger charge is 2.16. The predicted molar refractivity (Wildman–Crippen MR) is 52.2 cm³/mol. The first-order valence-electron chi connectivity index (χ1n) is 4.00. The molecule has 0 bridgehead atoms. The van der Waals surface area contributed by atoms with Crippen LogP contribution in [0.15, 0.2) is 10.6 Å². The molecule has 7 heteroatoms. The van der Waals surface area contributed by atoms with Crippen LogP contribution in [-0.2, 0) is 6.42 Å². The molecule has 1 rings (SSSR count). The monoisotopic (exact) mass is 196 g/mol. The number of aryl methyl sites for hydroxylation is 1. The van der Waals surface area contributed by atoms with Gasteiger partial charge in [-0.1, -0.05) is 12.1 Å². The van der Waals surface area contributed by atoms with Crippen LogP contribution in [0.25, 0.3) is 0 Å². The summed E-state index contributed by atoms with van der Waals surface area (Å²) in [6.45, 7) is 1.90. The van der Waals surface area contributed by atoms with Crippen LogP contribution < -0.4 is 16.4 Å². The number of aromatic nitrogens is 1. The van der Waals surface area contributed by atoms with E-state index < -0.39 is 0 Å². The van der Waals surface area contributed by atoms with Crippen molar-refractivity contribution in [3.05, 3.63) is 11.8 Å². The molecule has 0 aliphatic heterocycles. The second-order valence-corrected chi connectivity index (χ2v) is 2.61. The van der Waals surface area contributed by atoms with Crippen molar-refractivity contribution in [3.8, 4) is 0 Å². The summed E-state index contributed by atoms with van der Waals surface area (Å²) in [4.78, 5) is 0.975. The Morgan fingerprint density at radius 2 is 2.07 bits per heavy atom. The van der Waals surface area contributed by atoms with Crippen LogP contribution >= 0.6 is 0 Å². The van der Waals surface area contributed by atoms with Crippen LogP contribution in [0.2, 0.25) is 0 Å². The van der Waals surface area contributed by atoms with Gasteiger partial charge < -0.3 is 16.0 Å². The van der Waals surface area contributed by atoms with Crippen LogP contribution in [0.1, 0.15) is 12.7 Å². The Kier molecular flexibility index (Phi) is 2.70. The number of hydrogen-bond donors (Lipinski definition) is 4. The molecule has 1 heterocycles. The van der Waals surface area contributed by atoms with Gasteiger partial charge in [0.15, 0.2) is 5.82 Å². The molecule has 0 aliphatic carbocycles. The first kappa shape index (κ1) is 10.0. The molecule has 0 saturated carbocycles. The highest BCUT2D eigenvalue weighted by molar-refractivity contribution is 6.13. The highest BCUT2D eigenvalue weighted by Crippen LogP contribution is 2.13. The van der Waals surface area contributed by atoms with Crippen molar-refractivity contribution < 1.29 is 4.52 Å². The maximum Gasteiger partial charge on any atom is 0.201 e. The number of nitrogens with two attached hydrogens (primary N) is 2. The molecular formula is C7H12N6O. The lowest BCUT2D eigenvalue weighted by molar-refractivity contribution is 0.388. The van der Waals surface area contributed by atoms with Gasteiger partial charge in [-0.3, -0.25) is 10.8 Å². The van der Waals surface area contributed by atoms with E-state index in [-0.39, 0.29) is 17.7 Å². The zero-order valence-corrected chi connectivity index (χ0v) is 7.74. The SMILES string of the molecule is CCc1cc(N(C(=N)N)C(=N)N)no1. The van der Waals surface area contributed by atoms with Crippen molar-refractivity contribution in [2.24, 2.45) is 11.5 Å². The quantitative estimate of drug-likeness (QED) is 0.385. The van der Waals surface area contributed by atoms with Crippen LogP contribution in [-0.4, -0.2) is 17.1 Å². The standard InChI is InChI=1S/C7H12N6O/c1-2-4-3-5(12-14-4)13(6(8)9)7(10)11/h3H,2H2,1H3,(H3,8,9)(H3,10,11). The van der Waals surface area contributed by atoms with Gasteiger partial charge in [0.2, 0.25) is 11.9 Å². The Bertz CT molecular complexity index is 343. The average Bonchev–Trinajstić information content (AvgIpc) is 2.51. The van der Waals surface area contributed by atoms with E-state index in [1.807, 2.05) is 6.92 Å². The molecule has 0 aliphatic rings. The summed E-state index contributed by atoms with van der Waals surface area (Å²) in [7, 11) is 0. The highest BCUT2D eigenvalue weighted by atomic mass is 16.5. The maximum absolute atomic E-state index is 7.19. The fraction of sp³-hybridized carbons (Fsp3) is 0.286. The Morgan fingerprint density at radius 3 is 2.43 bits per heavy atom. The fourth-order valence-electron chi connectivity index (χ4n) is 0.951. The molecule has 76 valence electrons. The number of rotatable bonds is 2. The minimum atomic E-state index is -0.367. The van der Waals surface area contributed by atoms with Gasteiger partial charge in [0, 0.05) is 12.5 Å². The van der Waals surface area contributed by atoms with Crippen LogP contribution in [0.4, 0.5) is 5.82 Å². The lowest BCUT2D eigenvalue weighted by Crippen LogP contribution is -2.45. The van der Waals surface area contributed by atoms with Gasteiger partial charge in [-0.15, -0.1) is 0 Å². The van der Waals surface area contributed by atoms with Crippen LogP contribution in [0.5, 0.6) is 0 Å². The smallest absolute Gasteiger partial charge is 0.201 e. The number of anilines is 1. The van der Waals surface area contributed by atoms with E-state index >= 15 is 0 Å². The molecule has 1 aromatic heterocycles. The maximum atomic E-state index is 7.19. The molecule has 0 saturated heterocycles. The molecule has 0 spiro atoms. The molecule has 1 aromatic rings. The number of nitrogens with one attached hydrogen (secondary N) is 2. The normalized spacial score (nSPS) is 9.79. The van der Waals surface area contributed by atoms with Crippen molar-refractivity contribution in [2.75, 3.05) is 4.90 Å². The lowest BCUT2D eigenvalue weighted by Gasteiger charge is -2.15. The van der Waals surface area contributed by atoms with Crippen molar-refractivity contribution >= 4 is 17.7 Å². The van der Waals surface area contributed by atoms with Crippen molar-refractivity contribution in [1.82, 2.24) is 5.16 Å². The molecule has 0 fully saturated rings. The molecular weight excluding hydrogens is 184 g/mol. The van der Waals surface area contributed by atoms with Gasteiger partial charge in [-0.25, -0.2) is 4.90 Å². The number of nitrogens with zero attached hydrogens (tertiary/aromatic N) is 2. The van der Waals surface area contributed by atoms with Crippen molar-refractivity contribution in [3.63, 3.8) is 0 Å². The Morgan fingerprint density at radius 1 is 1.50 bits per heavy atom. The summed E-state index contributed by atoms with van der Waals surface area (Å²) in [5, 5.41) is 18.0. The van der Waals surface area contributed by atoms with Crippen molar-refractivity contribution in [2.45, 2.75) is 13.3 Å². The van der Waals surface area contributed by atoms with E-state index in [9.17, 15) is 0 Å². The second kappa shape index (κ2) is 3.77. The molecule has 6 N–H and O–H groups in total. The zero-order chi connectivity index (χ0) is 10.7. The Labute approximate surface area is 80.7 Å². The zero-order valence-electron chi connectivity index (χ0n) is 7.74. The first-order chi connectivity index (χ1) is 6.56. The van der Waals surface area contributed by atoms with E-state index in [4.69, 9.17) is 26.8 Å². The summed E-state index contributed by atoms with van der Waals surface area (Å²) in [6, 6.07) is 1.59. The summed E-state index contributed by atoms with van der Waals surface area (Å²) in [6.07, 6.45) is 0.677. The largest absolute Gasteiger partial charge is 0.369 e. The molecule has 0 amide bonds. The minimum Gasteiger partial charge on any atom is -0.369 e. The summed E-state index contributed by atoms with van der Waals surface area (Å²) < 4.78 is 4.90. The van der Waals surface area contributed by atoms with Crippen molar-refractivity contribution in [1.29, 1.82) is 10.8 Å². The molecule has 0 aromatic carbocycles. The van der Waals surface area contributed by atoms with E-state index in [1.54, 1.807) is 6.07 Å². The lowest BCUT2D eigenvalue weighted by atomic mass is 10.3. The molecule has 7 nitrogen and oxygen atoms in total. The van der Waals surface area contributed by atoms with E-state index in [0.29, 0.717) is 12.2 Å². The van der Waals surface area contributed by atoms with E-state index in [2.05, 4.69) is 5.16 Å². The third-order valence-corrected chi connectivity index (χ3v) is 1.61. The third kappa shape index (κ3) is 1.82. The Balaban J connectivity index is 2.99. The van der Waals surface area contributed by atoms with Gasteiger partial charge in [0.25, 0.3) is 0 Å². The summed E-state index contributed by atoms with van der Waals surface area (Å²) in [5.74, 6) is 0.163. The topological polar surface area (TPSA) is 129 Å². The van der Waals surface area contributed by atoms with Gasteiger partial charge in [0.1, 0.15) is 5.76 Å². The van der Waals surface area contributed by atoms with Gasteiger partial charge >= 0.3 is 0 Å². The fourth-order valence-corrected chi connectivity index (χ4v) is 0.951. The van der Waals surface area contributed by atoms with Gasteiger partial charge in [0.05, 0.1) is 0 Å². The summed E-state index contributed by atoms with van der Waals surface area (Å²) >= 11 is 0. The van der Waals surface area contributed by atoms with Gasteiger partial charge in [-0.05, 0) is 0 Å². The van der Waals surface area contributed by atoms with E-state index in [0.717, 1.165) is 4.90 Å². The van der Waals surface area contributed by atoms with Crippen LogP contribution in [0.3, 0.4) is 0 Å². The van der Waals surface area contributed by atoms with E-state index in [1.165, 1.54) is 0 Å². The number of hydrogen-bond acceptors (Lipinski definition) is 4. The van der Waals surface area contributed by atoms with Crippen LogP contribution in [0, 0.1) is 10.8 Å².